The Morgan fingerprint density at radius 1 is 1.32 bits per heavy atom. The second-order valence-electron chi connectivity index (χ2n) is 4.41. The van der Waals surface area contributed by atoms with E-state index in [1.807, 2.05) is 26.1 Å². The van der Waals surface area contributed by atoms with E-state index in [2.05, 4.69) is 20.9 Å². The molecule has 0 aliphatic carbocycles. The molecule has 0 atom stereocenters. The van der Waals surface area contributed by atoms with Gasteiger partial charge in [0.15, 0.2) is 0 Å². The molecular weight excluding hydrogens is 240 g/mol. The highest BCUT2D eigenvalue weighted by Gasteiger charge is 2.07. The van der Waals surface area contributed by atoms with E-state index in [-0.39, 0.29) is 0 Å². The van der Waals surface area contributed by atoms with E-state index in [0.29, 0.717) is 18.2 Å². The first-order chi connectivity index (χ1) is 9.10. The van der Waals surface area contributed by atoms with E-state index in [0.717, 1.165) is 17.0 Å². The number of anilines is 2. The molecule has 0 aliphatic rings. The Kier molecular flexibility index (Phi) is 3.85. The smallest absolute Gasteiger partial charge is 0.149 e. The molecule has 2 aromatic rings. The highest BCUT2D eigenvalue weighted by Crippen LogP contribution is 2.24. The van der Waals surface area contributed by atoms with Crippen LogP contribution in [0.15, 0.2) is 30.5 Å². The number of rotatable bonds is 4. The minimum Gasteiger partial charge on any atom is -0.496 e. The summed E-state index contributed by atoms with van der Waals surface area (Å²) in [4.78, 5) is 10.5. The predicted molar refractivity (Wildman–Crippen MR) is 76.3 cm³/mol. The van der Waals surface area contributed by atoms with Crippen molar-refractivity contribution in [1.29, 1.82) is 0 Å². The van der Waals surface area contributed by atoms with Gasteiger partial charge < -0.3 is 15.4 Å². The predicted octanol–water partition coefficient (Wildman–Crippen LogP) is 2.01. The number of nitrogens with zero attached hydrogens (tertiary/aromatic N) is 3. The quantitative estimate of drug-likeness (QED) is 0.908. The van der Waals surface area contributed by atoms with Crippen molar-refractivity contribution < 1.29 is 4.74 Å². The molecule has 0 amide bonds. The van der Waals surface area contributed by atoms with Crippen LogP contribution in [0.25, 0.3) is 0 Å². The molecule has 5 heteroatoms. The molecule has 0 saturated heterocycles. The molecule has 19 heavy (non-hydrogen) atoms. The standard InChI is InChI=1S/C14H18N4O/c1-10-8-11(4-5-12(10)19-3)18(2)9-14-16-7-6-13(15)17-14/h4-8H,9H2,1-3H3,(H2,15,16,17). The summed E-state index contributed by atoms with van der Waals surface area (Å²) in [6.07, 6.45) is 1.67. The minimum atomic E-state index is 0.490. The van der Waals surface area contributed by atoms with Gasteiger partial charge in [-0.25, -0.2) is 9.97 Å². The van der Waals surface area contributed by atoms with Gasteiger partial charge in [0.05, 0.1) is 13.7 Å². The van der Waals surface area contributed by atoms with Gasteiger partial charge in [0, 0.05) is 18.9 Å². The van der Waals surface area contributed by atoms with E-state index in [1.54, 1.807) is 19.4 Å². The average Bonchev–Trinajstić information content (AvgIpc) is 2.38. The molecule has 0 aliphatic heterocycles. The first-order valence-corrected chi connectivity index (χ1v) is 6.03. The number of aromatic nitrogens is 2. The van der Waals surface area contributed by atoms with Crippen molar-refractivity contribution in [2.24, 2.45) is 0 Å². The second-order valence-corrected chi connectivity index (χ2v) is 4.41. The zero-order chi connectivity index (χ0) is 13.8. The van der Waals surface area contributed by atoms with Crippen molar-refractivity contribution in [2.75, 3.05) is 24.8 Å². The SMILES string of the molecule is COc1ccc(N(C)Cc2nccc(N)n2)cc1C. The Labute approximate surface area is 113 Å². The van der Waals surface area contributed by atoms with E-state index in [9.17, 15) is 0 Å². The van der Waals surface area contributed by atoms with E-state index < -0.39 is 0 Å². The third-order valence-corrected chi connectivity index (χ3v) is 2.92. The molecule has 1 aromatic carbocycles. The van der Waals surface area contributed by atoms with Crippen molar-refractivity contribution in [3.63, 3.8) is 0 Å². The maximum absolute atomic E-state index is 5.65. The maximum Gasteiger partial charge on any atom is 0.149 e. The zero-order valence-electron chi connectivity index (χ0n) is 11.4. The highest BCUT2D eigenvalue weighted by molar-refractivity contribution is 5.52. The normalized spacial score (nSPS) is 10.3. The van der Waals surface area contributed by atoms with Gasteiger partial charge in [0.25, 0.3) is 0 Å². The van der Waals surface area contributed by atoms with Crippen LogP contribution in [-0.4, -0.2) is 24.1 Å². The lowest BCUT2D eigenvalue weighted by Gasteiger charge is -2.19. The topological polar surface area (TPSA) is 64.3 Å². The van der Waals surface area contributed by atoms with Gasteiger partial charge in [-0.3, -0.25) is 0 Å². The van der Waals surface area contributed by atoms with Crippen molar-refractivity contribution in [3.8, 4) is 5.75 Å². The van der Waals surface area contributed by atoms with Crippen LogP contribution < -0.4 is 15.4 Å². The zero-order valence-corrected chi connectivity index (χ0v) is 11.4. The lowest BCUT2D eigenvalue weighted by Crippen LogP contribution is -2.18. The van der Waals surface area contributed by atoms with Gasteiger partial charge in [0.1, 0.15) is 17.4 Å². The lowest BCUT2D eigenvalue weighted by molar-refractivity contribution is 0.411. The first-order valence-electron chi connectivity index (χ1n) is 6.03. The summed E-state index contributed by atoms with van der Waals surface area (Å²) in [6, 6.07) is 7.73. The summed E-state index contributed by atoms with van der Waals surface area (Å²) in [5.74, 6) is 2.08. The molecule has 100 valence electrons. The van der Waals surface area contributed by atoms with Crippen molar-refractivity contribution in [2.45, 2.75) is 13.5 Å². The number of aryl methyl sites for hydroxylation is 1. The third kappa shape index (κ3) is 3.13. The summed E-state index contributed by atoms with van der Waals surface area (Å²) in [5.41, 5.74) is 7.83. The largest absolute Gasteiger partial charge is 0.496 e. The summed E-state index contributed by atoms with van der Waals surface area (Å²) in [6.45, 7) is 2.63. The Balaban J connectivity index is 2.15. The number of nitrogens with two attached hydrogens (primary N) is 1. The Morgan fingerprint density at radius 3 is 2.74 bits per heavy atom. The fourth-order valence-electron chi connectivity index (χ4n) is 1.89. The van der Waals surface area contributed by atoms with Gasteiger partial charge in [-0.05, 0) is 36.8 Å². The Bertz CT molecular complexity index is 571. The van der Waals surface area contributed by atoms with Gasteiger partial charge in [-0.2, -0.15) is 0 Å². The van der Waals surface area contributed by atoms with Crippen molar-refractivity contribution in [1.82, 2.24) is 9.97 Å². The molecule has 2 N–H and O–H groups in total. The summed E-state index contributed by atoms with van der Waals surface area (Å²) in [5, 5.41) is 0. The average molecular weight is 258 g/mol. The van der Waals surface area contributed by atoms with Gasteiger partial charge >= 0.3 is 0 Å². The number of hydrogen-bond acceptors (Lipinski definition) is 5. The second kappa shape index (κ2) is 5.56. The third-order valence-electron chi connectivity index (χ3n) is 2.92. The van der Waals surface area contributed by atoms with Crippen molar-refractivity contribution in [3.05, 3.63) is 41.9 Å². The van der Waals surface area contributed by atoms with Crippen LogP contribution in [0.2, 0.25) is 0 Å². The monoisotopic (exact) mass is 258 g/mol. The Morgan fingerprint density at radius 2 is 2.11 bits per heavy atom. The molecule has 2 rings (SSSR count). The lowest BCUT2D eigenvalue weighted by atomic mass is 10.2. The summed E-state index contributed by atoms with van der Waals surface area (Å²) in [7, 11) is 3.67. The number of nitrogen functional groups attached to an aromatic ring is 1. The maximum atomic E-state index is 5.65. The van der Waals surface area contributed by atoms with Crippen LogP contribution in [0.4, 0.5) is 11.5 Å². The van der Waals surface area contributed by atoms with Crippen molar-refractivity contribution >= 4 is 11.5 Å². The van der Waals surface area contributed by atoms with Crippen LogP contribution in [-0.2, 0) is 6.54 Å². The molecule has 0 saturated carbocycles. The molecule has 1 aromatic heterocycles. The number of benzene rings is 1. The van der Waals surface area contributed by atoms with Gasteiger partial charge in [0.2, 0.25) is 0 Å². The molecule has 0 radical (unpaired) electrons. The summed E-state index contributed by atoms with van der Waals surface area (Å²) < 4.78 is 5.25. The molecule has 5 nitrogen and oxygen atoms in total. The first kappa shape index (κ1) is 13.1. The molecule has 0 bridgehead atoms. The van der Waals surface area contributed by atoms with Gasteiger partial charge in [-0.15, -0.1) is 0 Å². The summed E-state index contributed by atoms with van der Waals surface area (Å²) >= 11 is 0. The van der Waals surface area contributed by atoms with E-state index >= 15 is 0 Å². The van der Waals surface area contributed by atoms with Crippen LogP contribution in [0, 0.1) is 6.92 Å². The van der Waals surface area contributed by atoms with Crippen LogP contribution in [0.3, 0.4) is 0 Å². The van der Waals surface area contributed by atoms with Crippen LogP contribution >= 0.6 is 0 Å². The number of hydrogen-bond donors (Lipinski definition) is 1. The molecular formula is C14H18N4O. The Hall–Kier alpha value is -2.30. The highest BCUT2D eigenvalue weighted by atomic mass is 16.5. The fraction of sp³-hybridized carbons (Fsp3) is 0.286. The molecule has 0 unspecified atom stereocenters. The number of ether oxygens (including phenoxy) is 1. The van der Waals surface area contributed by atoms with Crippen LogP contribution in [0.5, 0.6) is 5.75 Å². The fourth-order valence-corrected chi connectivity index (χ4v) is 1.89. The molecule has 0 fully saturated rings. The van der Waals surface area contributed by atoms with Crippen LogP contribution in [0.1, 0.15) is 11.4 Å². The molecule has 0 spiro atoms. The molecule has 1 heterocycles. The minimum absolute atomic E-state index is 0.490. The van der Waals surface area contributed by atoms with E-state index in [1.165, 1.54) is 0 Å². The van der Waals surface area contributed by atoms with Gasteiger partial charge in [-0.1, -0.05) is 0 Å². The van der Waals surface area contributed by atoms with E-state index in [4.69, 9.17) is 10.5 Å². The number of methoxy groups -OCH3 is 1.